The molecule has 0 aliphatic heterocycles. The highest BCUT2D eigenvalue weighted by atomic mass is 16.5. The second-order valence-electron chi connectivity index (χ2n) is 5.31. The Hall–Kier alpha value is -3.08. The molecule has 0 aliphatic carbocycles. The van der Waals surface area contributed by atoms with Gasteiger partial charge >= 0.3 is 6.09 Å². The van der Waals surface area contributed by atoms with E-state index in [1.54, 1.807) is 13.1 Å². The summed E-state index contributed by atoms with van der Waals surface area (Å²) in [6.07, 6.45) is 3.12. The molecular weight excluding hydrogens is 302 g/mol. The predicted molar refractivity (Wildman–Crippen MR) is 95.2 cm³/mol. The van der Waals surface area contributed by atoms with Crippen LogP contribution in [0, 0.1) is 0 Å². The van der Waals surface area contributed by atoms with Crippen LogP contribution in [-0.2, 0) is 11.3 Å². The number of nitrogens with one attached hydrogen (secondary N) is 1. The highest BCUT2D eigenvalue weighted by Gasteiger charge is 2.07. The van der Waals surface area contributed by atoms with E-state index in [-0.39, 0.29) is 0 Å². The van der Waals surface area contributed by atoms with Gasteiger partial charge in [0, 0.05) is 29.2 Å². The van der Waals surface area contributed by atoms with E-state index >= 15 is 0 Å². The second kappa shape index (κ2) is 7.46. The van der Waals surface area contributed by atoms with Crippen molar-refractivity contribution in [1.82, 2.24) is 9.99 Å². The highest BCUT2D eigenvalue weighted by molar-refractivity contribution is 5.99. The van der Waals surface area contributed by atoms with Crippen molar-refractivity contribution in [2.45, 2.75) is 13.5 Å². The lowest BCUT2D eigenvalue weighted by Gasteiger charge is -2.05. The van der Waals surface area contributed by atoms with Crippen molar-refractivity contribution >= 4 is 23.2 Å². The van der Waals surface area contributed by atoms with Crippen LogP contribution in [0.15, 0.2) is 65.9 Å². The lowest BCUT2D eigenvalue weighted by molar-refractivity contribution is 0.152. The molecule has 0 bridgehead atoms. The van der Waals surface area contributed by atoms with Gasteiger partial charge in [-0.2, -0.15) is 5.10 Å². The standard InChI is InChI=1S/C19H19N3O2/c1-2-24-19(23)21-20-12-16-14-22(13-15-8-4-3-5-9-15)18-11-7-6-10-17(16)18/h3-12,14H,2,13H2,1H3,(H,21,23)/b20-12+. The van der Waals surface area contributed by atoms with E-state index < -0.39 is 6.09 Å². The number of hydrogen-bond acceptors (Lipinski definition) is 3. The van der Waals surface area contributed by atoms with E-state index in [4.69, 9.17) is 4.74 Å². The first kappa shape index (κ1) is 15.8. The van der Waals surface area contributed by atoms with Crippen molar-refractivity contribution in [1.29, 1.82) is 0 Å². The summed E-state index contributed by atoms with van der Waals surface area (Å²) in [5.74, 6) is 0. The van der Waals surface area contributed by atoms with Gasteiger partial charge in [-0.15, -0.1) is 0 Å². The summed E-state index contributed by atoms with van der Waals surface area (Å²) in [4.78, 5) is 11.3. The Morgan fingerprint density at radius 1 is 1.17 bits per heavy atom. The molecule has 0 radical (unpaired) electrons. The van der Waals surface area contributed by atoms with E-state index in [0.717, 1.165) is 23.0 Å². The molecule has 1 aromatic heterocycles. The number of aromatic nitrogens is 1. The van der Waals surface area contributed by atoms with Crippen molar-refractivity contribution in [2.24, 2.45) is 5.10 Å². The predicted octanol–water partition coefficient (Wildman–Crippen LogP) is 3.77. The summed E-state index contributed by atoms with van der Waals surface area (Å²) >= 11 is 0. The molecule has 0 spiro atoms. The summed E-state index contributed by atoms with van der Waals surface area (Å²) in [6.45, 7) is 2.85. The fourth-order valence-electron chi connectivity index (χ4n) is 2.61. The number of hydrazone groups is 1. The minimum Gasteiger partial charge on any atom is -0.449 e. The second-order valence-corrected chi connectivity index (χ2v) is 5.31. The van der Waals surface area contributed by atoms with Crippen molar-refractivity contribution in [3.63, 3.8) is 0 Å². The third-order valence-corrected chi connectivity index (χ3v) is 3.65. The molecule has 2 aromatic carbocycles. The molecule has 122 valence electrons. The zero-order chi connectivity index (χ0) is 16.8. The summed E-state index contributed by atoms with van der Waals surface area (Å²) in [5.41, 5.74) is 5.65. The Bertz CT molecular complexity index is 853. The van der Waals surface area contributed by atoms with Gasteiger partial charge in [-0.3, -0.25) is 0 Å². The van der Waals surface area contributed by atoms with Crippen LogP contribution in [0.3, 0.4) is 0 Å². The minimum absolute atomic E-state index is 0.317. The molecule has 5 nitrogen and oxygen atoms in total. The fraction of sp³-hybridized carbons (Fsp3) is 0.158. The maximum atomic E-state index is 11.3. The molecule has 0 fully saturated rings. The summed E-state index contributed by atoms with van der Waals surface area (Å²) in [7, 11) is 0. The van der Waals surface area contributed by atoms with Crippen LogP contribution in [0.25, 0.3) is 10.9 Å². The van der Waals surface area contributed by atoms with Crippen LogP contribution < -0.4 is 5.43 Å². The average Bonchev–Trinajstić information content (AvgIpc) is 2.94. The van der Waals surface area contributed by atoms with Crippen molar-refractivity contribution < 1.29 is 9.53 Å². The number of carbonyl (C=O) groups excluding carboxylic acids is 1. The number of ether oxygens (including phenoxy) is 1. The Morgan fingerprint density at radius 2 is 1.92 bits per heavy atom. The number of fused-ring (bicyclic) bond motifs is 1. The average molecular weight is 321 g/mol. The molecule has 1 amide bonds. The zero-order valence-electron chi connectivity index (χ0n) is 13.5. The number of amides is 1. The molecule has 1 N–H and O–H groups in total. The van der Waals surface area contributed by atoms with E-state index in [2.05, 4.69) is 33.3 Å². The van der Waals surface area contributed by atoms with E-state index in [0.29, 0.717) is 6.61 Å². The molecule has 0 atom stereocenters. The first-order chi connectivity index (χ1) is 11.8. The van der Waals surface area contributed by atoms with Gasteiger partial charge in [0.05, 0.1) is 12.8 Å². The van der Waals surface area contributed by atoms with Crippen LogP contribution in [0.2, 0.25) is 0 Å². The largest absolute Gasteiger partial charge is 0.449 e. The third kappa shape index (κ3) is 3.63. The molecule has 3 aromatic rings. The molecule has 1 heterocycles. The Kier molecular flexibility index (Phi) is 4.91. The number of benzene rings is 2. The number of rotatable bonds is 5. The molecule has 0 unspecified atom stereocenters. The number of carbonyl (C=O) groups is 1. The maximum absolute atomic E-state index is 11.3. The van der Waals surface area contributed by atoms with Gasteiger partial charge in [0.1, 0.15) is 0 Å². The molecule has 0 saturated heterocycles. The monoisotopic (exact) mass is 321 g/mol. The number of nitrogens with zero attached hydrogens (tertiary/aromatic N) is 2. The van der Waals surface area contributed by atoms with Gasteiger partial charge in [0.15, 0.2) is 0 Å². The molecule has 5 heteroatoms. The molecule has 0 aliphatic rings. The maximum Gasteiger partial charge on any atom is 0.427 e. The van der Waals surface area contributed by atoms with Gasteiger partial charge in [-0.25, -0.2) is 10.2 Å². The van der Waals surface area contributed by atoms with E-state index in [1.807, 2.05) is 42.6 Å². The Balaban J connectivity index is 1.86. The molecular formula is C19H19N3O2. The van der Waals surface area contributed by atoms with Crippen molar-refractivity contribution in [3.8, 4) is 0 Å². The van der Waals surface area contributed by atoms with Gasteiger partial charge in [0.2, 0.25) is 0 Å². The van der Waals surface area contributed by atoms with Gasteiger partial charge in [0.25, 0.3) is 0 Å². The highest BCUT2D eigenvalue weighted by Crippen LogP contribution is 2.21. The fourth-order valence-corrected chi connectivity index (χ4v) is 2.61. The molecule has 3 rings (SSSR count). The van der Waals surface area contributed by atoms with Gasteiger partial charge in [-0.05, 0) is 18.6 Å². The Morgan fingerprint density at radius 3 is 2.71 bits per heavy atom. The minimum atomic E-state index is -0.554. The lowest BCUT2D eigenvalue weighted by atomic mass is 10.2. The lowest BCUT2D eigenvalue weighted by Crippen LogP contribution is -2.18. The van der Waals surface area contributed by atoms with Crippen LogP contribution in [0.5, 0.6) is 0 Å². The smallest absolute Gasteiger partial charge is 0.427 e. The quantitative estimate of drug-likeness (QED) is 0.574. The van der Waals surface area contributed by atoms with Crippen molar-refractivity contribution in [3.05, 3.63) is 71.9 Å². The zero-order valence-corrected chi connectivity index (χ0v) is 13.5. The van der Waals surface area contributed by atoms with Gasteiger partial charge in [-0.1, -0.05) is 48.5 Å². The summed E-state index contributed by atoms with van der Waals surface area (Å²) in [5, 5.41) is 5.05. The first-order valence-electron chi connectivity index (χ1n) is 7.85. The molecule has 24 heavy (non-hydrogen) atoms. The first-order valence-corrected chi connectivity index (χ1v) is 7.85. The third-order valence-electron chi connectivity index (χ3n) is 3.65. The van der Waals surface area contributed by atoms with Crippen LogP contribution in [0.4, 0.5) is 4.79 Å². The van der Waals surface area contributed by atoms with Gasteiger partial charge < -0.3 is 9.30 Å². The van der Waals surface area contributed by atoms with Crippen LogP contribution in [-0.4, -0.2) is 23.5 Å². The number of para-hydroxylation sites is 1. The van der Waals surface area contributed by atoms with Crippen molar-refractivity contribution in [2.75, 3.05) is 6.61 Å². The van der Waals surface area contributed by atoms with E-state index in [9.17, 15) is 4.79 Å². The van der Waals surface area contributed by atoms with Crippen LogP contribution >= 0.6 is 0 Å². The SMILES string of the molecule is CCOC(=O)N/N=C/c1cn(Cc2ccccc2)c2ccccc12. The topological polar surface area (TPSA) is 55.6 Å². The Labute approximate surface area is 140 Å². The summed E-state index contributed by atoms with van der Waals surface area (Å²) in [6, 6.07) is 18.4. The van der Waals surface area contributed by atoms with Crippen LogP contribution in [0.1, 0.15) is 18.1 Å². The normalized spacial score (nSPS) is 11.0. The summed E-state index contributed by atoms with van der Waals surface area (Å²) < 4.78 is 6.96. The van der Waals surface area contributed by atoms with E-state index in [1.165, 1.54) is 5.56 Å². The molecule has 0 saturated carbocycles. The number of hydrogen-bond donors (Lipinski definition) is 1.